The normalized spacial score (nSPS) is 13.6. The number of thiocarbonyl (C=S) groups is 1. The molecule has 170 valence electrons. The summed E-state index contributed by atoms with van der Waals surface area (Å²) in [6.45, 7) is 2.32. The van der Waals surface area contributed by atoms with Gasteiger partial charge in [0.2, 0.25) is 0 Å². The zero-order valence-electron chi connectivity index (χ0n) is 17.0. The summed E-state index contributed by atoms with van der Waals surface area (Å²) < 4.78 is 45.1. The van der Waals surface area contributed by atoms with E-state index in [0.29, 0.717) is 40.9 Å². The average molecular weight is 539 g/mol. The Morgan fingerprint density at radius 3 is 2.71 bits per heavy atom. The summed E-state index contributed by atoms with van der Waals surface area (Å²) in [6, 6.07) is 0. The van der Waals surface area contributed by atoms with Crippen LogP contribution in [0, 0.1) is 6.92 Å². The lowest BCUT2D eigenvalue weighted by atomic mass is 9.95. The van der Waals surface area contributed by atoms with Gasteiger partial charge < -0.3 is 15.4 Å². The average Bonchev–Trinajstić information content (AvgIpc) is 3.22. The van der Waals surface area contributed by atoms with Crippen molar-refractivity contribution >= 4 is 55.6 Å². The van der Waals surface area contributed by atoms with Crippen molar-refractivity contribution in [3.05, 3.63) is 31.9 Å². The number of methoxy groups -OCH3 is 1. The first-order valence-electron chi connectivity index (χ1n) is 9.71. The number of hydrogen-bond acceptors (Lipinski definition) is 5. The topological polar surface area (TPSA) is 68.2 Å². The first-order valence-corrected chi connectivity index (χ1v) is 11.7. The number of anilines is 1. The van der Waals surface area contributed by atoms with Gasteiger partial charge in [-0.05, 0) is 72.7 Å². The number of halogens is 4. The smallest absolute Gasteiger partial charge is 0.436 e. The van der Waals surface area contributed by atoms with Crippen LogP contribution >= 0.6 is 39.5 Å². The van der Waals surface area contributed by atoms with E-state index in [4.69, 9.17) is 17.0 Å². The van der Waals surface area contributed by atoms with Crippen LogP contribution in [-0.4, -0.2) is 34.5 Å². The SMILES string of the molecule is COC(=O)c1c(NC(=S)NCCCn2nc(C(F)(F)F)c(Br)c2C)sc2c1CCCC2. The van der Waals surface area contributed by atoms with Gasteiger partial charge in [0.1, 0.15) is 5.00 Å². The Kier molecular flexibility index (Phi) is 7.63. The molecule has 0 saturated heterocycles. The molecule has 0 fully saturated rings. The molecule has 0 amide bonds. The van der Waals surface area contributed by atoms with Crippen LogP contribution in [0.25, 0.3) is 0 Å². The van der Waals surface area contributed by atoms with Crippen LogP contribution in [0.4, 0.5) is 18.2 Å². The molecular weight excluding hydrogens is 517 g/mol. The first kappa shape index (κ1) is 24.0. The maximum absolute atomic E-state index is 13.0. The minimum absolute atomic E-state index is 0.0397. The molecule has 2 heterocycles. The Labute approximate surface area is 195 Å². The van der Waals surface area contributed by atoms with Crippen LogP contribution in [-0.2, 0) is 30.3 Å². The fraction of sp³-hybridized carbons (Fsp3) is 0.526. The van der Waals surface area contributed by atoms with Gasteiger partial charge in [-0.1, -0.05) is 0 Å². The zero-order valence-corrected chi connectivity index (χ0v) is 20.2. The monoisotopic (exact) mass is 538 g/mol. The zero-order chi connectivity index (χ0) is 22.8. The highest BCUT2D eigenvalue weighted by Crippen LogP contribution is 2.38. The maximum atomic E-state index is 13.0. The van der Waals surface area contributed by atoms with Crippen LogP contribution in [0.2, 0.25) is 0 Å². The van der Waals surface area contributed by atoms with Gasteiger partial charge in [0, 0.05) is 18.0 Å². The molecule has 2 aromatic heterocycles. The molecule has 1 aliphatic rings. The van der Waals surface area contributed by atoms with Gasteiger partial charge in [0.05, 0.1) is 22.8 Å². The van der Waals surface area contributed by atoms with E-state index in [1.54, 1.807) is 6.92 Å². The molecule has 0 unspecified atom stereocenters. The number of aromatic nitrogens is 2. The number of nitrogens with one attached hydrogen (secondary N) is 2. The molecule has 0 atom stereocenters. The Morgan fingerprint density at radius 1 is 1.35 bits per heavy atom. The second kappa shape index (κ2) is 9.86. The summed E-state index contributed by atoms with van der Waals surface area (Å²) in [5.74, 6) is -0.384. The number of rotatable bonds is 6. The van der Waals surface area contributed by atoms with Crippen molar-refractivity contribution in [1.29, 1.82) is 0 Å². The number of hydrogen-bond donors (Lipinski definition) is 2. The third-order valence-electron chi connectivity index (χ3n) is 5.02. The van der Waals surface area contributed by atoms with E-state index in [2.05, 4.69) is 31.7 Å². The van der Waals surface area contributed by atoms with Gasteiger partial charge in [-0.25, -0.2) is 4.79 Å². The highest BCUT2D eigenvalue weighted by molar-refractivity contribution is 9.10. The molecule has 0 aromatic carbocycles. The molecule has 2 N–H and O–H groups in total. The Hall–Kier alpha value is -1.66. The largest absolute Gasteiger partial charge is 0.465 e. The second-order valence-corrected chi connectivity index (χ2v) is 9.42. The predicted molar refractivity (Wildman–Crippen MR) is 121 cm³/mol. The van der Waals surface area contributed by atoms with Gasteiger partial charge >= 0.3 is 12.1 Å². The summed E-state index contributed by atoms with van der Waals surface area (Å²) >= 11 is 9.82. The van der Waals surface area contributed by atoms with Crippen molar-refractivity contribution in [2.75, 3.05) is 19.0 Å². The molecule has 0 spiro atoms. The quantitative estimate of drug-likeness (QED) is 0.304. The molecular formula is C19H22BrF3N4O2S2. The van der Waals surface area contributed by atoms with E-state index in [1.807, 2.05) is 0 Å². The lowest BCUT2D eigenvalue weighted by Crippen LogP contribution is -2.30. The van der Waals surface area contributed by atoms with Crippen LogP contribution in [0.15, 0.2) is 4.47 Å². The standard InChI is InChI=1S/C19H22BrF3N4O2S2/c1-10-14(20)15(19(21,22)23)26-27(10)9-5-8-24-18(30)25-16-13(17(28)29-2)11-6-3-4-7-12(11)31-16/h3-9H2,1-2H3,(H2,24,25,30). The van der Waals surface area contributed by atoms with Crippen molar-refractivity contribution < 1.29 is 22.7 Å². The third-order valence-corrected chi connectivity index (χ3v) is 7.43. The number of esters is 1. The lowest BCUT2D eigenvalue weighted by molar-refractivity contribution is -0.142. The molecule has 0 aliphatic heterocycles. The molecule has 0 saturated carbocycles. The molecule has 31 heavy (non-hydrogen) atoms. The van der Waals surface area contributed by atoms with E-state index >= 15 is 0 Å². The minimum Gasteiger partial charge on any atom is -0.465 e. The molecule has 3 rings (SSSR count). The van der Waals surface area contributed by atoms with Crippen LogP contribution < -0.4 is 10.6 Å². The fourth-order valence-electron chi connectivity index (χ4n) is 3.47. The Balaban J connectivity index is 1.57. The molecule has 2 aromatic rings. The number of ether oxygens (including phenoxy) is 1. The van der Waals surface area contributed by atoms with Gasteiger partial charge in [0.25, 0.3) is 0 Å². The molecule has 1 aliphatic carbocycles. The molecule has 0 radical (unpaired) electrons. The van der Waals surface area contributed by atoms with Gasteiger partial charge in [0.15, 0.2) is 10.8 Å². The third kappa shape index (κ3) is 5.40. The van der Waals surface area contributed by atoms with Crippen LogP contribution in [0.3, 0.4) is 0 Å². The number of alkyl halides is 3. The van der Waals surface area contributed by atoms with Gasteiger partial charge in [-0.15, -0.1) is 11.3 Å². The van der Waals surface area contributed by atoms with Crippen molar-refractivity contribution in [1.82, 2.24) is 15.1 Å². The highest BCUT2D eigenvalue weighted by atomic mass is 79.9. The van der Waals surface area contributed by atoms with Gasteiger partial charge in [-0.3, -0.25) is 4.68 Å². The van der Waals surface area contributed by atoms with Crippen molar-refractivity contribution in [2.24, 2.45) is 0 Å². The number of nitrogens with zero attached hydrogens (tertiary/aromatic N) is 2. The lowest BCUT2D eigenvalue weighted by Gasteiger charge is -2.12. The maximum Gasteiger partial charge on any atom is 0.436 e. The van der Waals surface area contributed by atoms with Gasteiger partial charge in [-0.2, -0.15) is 18.3 Å². The number of fused-ring (bicyclic) bond motifs is 1. The van der Waals surface area contributed by atoms with Crippen molar-refractivity contribution in [3.8, 4) is 0 Å². The first-order chi connectivity index (χ1) is 14.6. The predicted octanol–water partition coefficient (Wildman–Crippen LogP) is 5.08. The summed E-state index contributed by atoms with van der Waals surface area (Å²) in [7, 11) is 1.36. The van der Waals surface area contributed by atoms with E-state index in [0.717, 1.165) is 31.2 Å². The Morgan fingerprint density at radius 2 is 2.06 bits per heavy atom. The van der Waals surface area contributed by atoms with Crippen LogP contribution in [0.5, 0.6) is 0 Å². The minimum atomic E-state index is -4.50. The fourth-order valence-corrected chi connectivity index (χ4v) is 5.53. The van der Waals surface area contributed by atoms with E-state index in [1.165, 1.54) is 28.0 Å². The highest BCUT2D eigenvalue weighted by Gasteiger charge is 2.37. The Bertz CT molecular complexity index is 988. The molecule has 12 heteroatoms. The van der Waals surface area contributed by atoms with E-state index in [-0.39, 0.29) is 10.4 Å². The molecule has 0 bridgehead atoms. The summed E-state index contributed by atoms with van der Waals surface area (Å²) in [6.07, 6.45) is -0.0831. The van der Waals surface area contributed by atoms with E-state index < -0.39 is 11.9 Å². The molecule has 6 nitrogen and oxygen atoms in total. The number of thiophene rings is 1. The number of carbonyl (C=O) groups excluding carboxylic acids is 1. The second-order valence-electron chi connectivity index (χ2n) is 7.11. The van der Waals surface area contributed by atoms with Crippen LogP contribution in [0.1, 0.15) is 51.4 Å². The summed E-state index contributed by atoms with van der Waals surface area (Å²) in [5.41, 5.74) is 1.07. The van der Waals surface area contributed by atoms with Crippen molar-refractivity contribution in [2.45, 2.75) is 51.7 Å². The number of aryl methyl sites for hydroxylation is 2. The van der Waals surface area contributed by atoms with Crippen molar-refractivity contribution in [3.63, 3.8) is 0 Å². The van der Waals surface area contributed by atoms with E-state index in [9.17, 15) is 18.0 Å². The number of carbonyl (C=O) groups is 1. The summed E-state index contributed by atoms with van der Waals surface area (Å²) in [4.78, 5) is 13.5. The summed E-state index contributed by atoms with van der Waals surface area (Å²) in [5, 5.41) is 10.8.